The molecule has 2 heterocycles. The number of rotatable bonds is 5. The van der Waals surface area contributed by atoms with Crippen LogP contribution in [0.2, 0.25) is 0 Å². The first-order chi connectivity index (χ1) is 13.9. The van der Waals surface area contributed by atoms with Crippen molar-refractivity contribution in [3.8, 4) is 17.6 Å². The van der Waals surface area contributed by atoms with Gasteiger partial charge in [0.15, 0.2) is 0 Å². The zero-order valence-electron chi connectivity index (χ0n) is 17.2. The molecule has 2 aromatic heterocycles. The maximum absolute atomic E-state index is 12.8. The zero-order valence-corrected chi connectivity index (χ0v) is 17.2. The first-order valence-corrected chi connectivity index (χ1v) is 9.68. The third kappa shape index (κ3) is 5.32. The molecule has 0 aliphatic heterocycles. The predicted octanol–water partition coefficient (Wildman–Crippen LogP) is 4.14. The molecule has 0 fully saturated rings. The number of pyridine rings is 1. The van der Waals surface area contributed by atoms with E-state index < -0.39 is 0 Å². The molecule has 0 unspecified atom stereocenters. The van der Waals surface area contributed by atoms with Crippen molar-refractivity contribution in [3.63, 3.8) is 0 Å². The lowest BCUT2D eigenvalue weighted by molar-refractivity contribution is 0.298. The highest BCUT2D eigenvalue weighted by molar-refractivity contribution is 5.37. The second-order valence-electron chi connectivity index (χ2n) is 7.27. The van der Waals surface area contributed by atoms with E-state index in [1.807, 2.05) is 50.2 Å². The lowest BCUT2D eigenvalue weighted by atomic mass is 10.0. The van der Waals surface area contributed by atoms with E-state index in [1.54, 1.807) is 16.8 Å². The highest BCUT2D eigenvalue weighted by Gasteiger charge is 2.13. The summed E-state index contributed by atoms with van der Waals surface area (Å²) in [5.74, 6) is 7.19. The van der Waals surface area contributed by atoms with Crippen LogP contribution in [-0.4, -0.2) is 14.8 Å². The molecule has 0 spiro atoms. The number of benzene rings is 1. The van der Waals surface area contributed by atoms with Gasteiger partial charge in [-0.15, -0.1) is 0 Å². The minimum Gasteiger partial charge on any atom is -0.487 e. The number of hydrogen-bond acceptors (Lipinski definition) is 4. The van der Waals surface area contributed by atoms with Crippen LogP contribution in [0.15, 0.2) is 59.5 Å². The molecule has 0 saturated carbocycles. The summed E-state index contributed by atoms with van der Waals surface area (Å²) < 4.78 is 7.49. The van der Waals surface area contributed by atoms with Crippen LogP contribution in [0.4, 0.5) is 0 Å². The van der Waals surface area contributed by atoms with Gasteiger partial charge in [-0.25, -0.2) is 0 Å². The zero-order chi connectivity index (χ0) is 20.8. The molecule has 148 valence electrons. The Balaban J connectivity index is 1.78. The van der Waals surface area contributed by atoms with E-state index in [0.29, 0.717) is 17.4 Å². The fourth-order valence-corrected chi connectivity index (χ4v) is 3.05. The minimum absolute atomic E-state index is 0.0938. The Morgan fingerprint density at radius 1 is 1.10 bits per heavy atom. The van der Waals surface area contributed by atoms with Crippen LogP contribution in [0.1, 0.15) is 49.3 Å². The van der Waals surface area contributed by atoms with Crippen molar-refractivity contribution in [2.75, 3.05) is 0 Å². The van der Waals surface area contributed by atoms with Crippen LogP contribution >= 0.6 is 0 Å². The Morgan fingerprint density at radius 2 is 1.86 bits per heavy atom. The Labute approximate surface area is 171 Å². The standard InChI is InChI=1S/C24H25N3O2/c1-17(2)7-8-20-9-11-21(12-10-20)19(4)27-18(3)14-23(15-24(27)28)29-16-22-6-5-13-25-26-22/h5-6,9-15,17,19H,16H2,1-4H3/t19-/m1/s1. The van der Waals surface area contributed by atoms with E-state index in [-0.39, 0.29) is 18.2 Å². The van der Waals surface area contributed by atoms with Crippen LogP contribution < -0.4 is 10.3 Å². The summed E-state index contributed by atoms with van der Waals surface area (Å²) in [4.78, 5) is 12.8. The minimum atomic E-state index is -0.102. The van der Waals surface area contributed by atoms with Gasteiger partial charge in [0.25, 0.3) is 5.56 Å². The van der Waals surface area contributed by atoms with Gasteiger partial charge < -0.3 is 9.30 Å². The summed E-state index contributed by atoms with van der Waals surface area (Å²) in [5.41, 5.74) is 3.48. The van der Waals surface area contributed by atoms with Gasteiger partial charge in [0.05, 0.1) is 6.04 Å². The van der Waals surface area contributed by atoms with Gasteiger partial charge >= 0.3 is 0 Å². The second-order valence-corrected chi connectivity index (χ2v) is 7.27. The van der Waals surface area contributed by atoms with Crippen molar-refractivity contribution in [2.24, 2.45) is 5.92 Å². The SMILES string of the molecule is Cc1cc(OCc2cccnn2)cc(=O)n1[C@H](C)c1ccc(C#CC(C)C)cc1. The van der Waals surface area contributed by atoms with Gasteiger partial charge in [0, 0.05) is 29.4 Å². The van der Waals surface area contributed by atoms with E-state index in [0.717, 1.165) is 16.8 Å². The average molecular weight is 387 g/mol. The first kappa shape index (κ1) is 20.3. The molecule has 1 aromatic carbocycles. The van der Waals surface area contributed by atoms with Crippen molar-refractivity contribution in [1.82, 2.24) is 14.8 Å². The van der Waals surface area contributed by atoms with Crippen molar-refractivity contribution >= 4 is 0 Å². The molecule has 5 nitrogen and oxygen atoms in total. The molecular weight excluding hydrogens is 362 g/mol. The summed E-state index contributed by atoms with van der Waals surface area (Å²) in [7, 11) is 0. The smallest absolute Gasteiger partial charge is 0.254 e. The lowest BCUT2D eigenvalue weighted by Crippen LogP contribution is -2.25. The molecule has 0 bridgehead atoms. The summed E-state index contributed by atoms with van der Waals surface area (Å²) in [6.07, 6.45) is 1.61. The fourth-order valence-electron chi connectivity index (χ4n) is 3.05. The number of hydrogen-bond donors (Lipinski definition) is 0. The van der Waals surface area contributed by atoms with Crippen LogP contribution in [0.5, 0.6) is 5.75 Å². The number of nitrogens with zero attached hydrogens (tertiary/aromatic N) is 3. The van der Waals surface area contributed by atoms with Crippen LogP contribution in [0.3, 0.4) is 0 Å². The summed E-state index contributed by atoms with van der Waals surface area (Å²) in [5, 5.41) is 7.81. The quantitative estimate of drug-likeness (QED) is 0.618. The largest absolute Gasteiger partial charge is 0.487 e. The summed E-state index contributed by atoms with van der Waals surface area (Å²) in [6.45, 7) is 8.34. The molecule has 29 heavy (non-hydrogen) atoms. The molecule has 0 radical (unpaired) electrons. The molecule has 0 aliphatic carbocycles. The maximum Gasteiger partial charge on any atom is 0.254 e. The lowest BCUT2D eigenvalue weighted by Gasteiger charge is -2.19. The van der Waals surface area contributed by atoms with Gasteiger partial charge in [0.2, 0.25) is 0 Å². The normalized spacial score (nSPS) is 11.6. The number of aromatic nitrogens is 3. The molecule has 3 aromatic rings. The van der Waals surface area contributed by atoms with Crippen LogP contribution in [0.25, 0.3) is 0 Å². The third-order valence-electron chi connectivity index (χ3n) is 4.53. The average Bonchev–Trinajstić information content (AvgIpc) is 2.71. The Bertz CT molecular complexity index is 1080. The molecule has 3 rings (SSSR count). The van der Waals surface area contributed by atoms with Gasteiger partial charge in [-0.3, -0.25) is 4.79 Å². The van der Waals surface area contributed by atoms with Gasteiger partial charge in [-0.05, 0) is 49.7 Å². The first-order valence-electron chi connectivity index (χ1n) is 9.68. The summed E-state index contributed by atoms with van der Waals surface area (Å²) in [6, 6.07) is 15.0. The van der Waals surface area contributed by atoms with E-state index in [4.69, 9.17) is 4.74 Å². The Morgan fingerprint density at radius 3 is 2.48 bits per heavy atom. The van der Waals surface area contributed by atoms with E-state index in [1.165, 1.54) is 6.07 Å². The highest BCUT2D eigenvalue weighted by Crippen LogP contribution is 2.21. The van der Waals surface area contributed by atoms with E-state index in [9.17, 15) is 4.79 Å². The molecule has 5 heteroatoms. The second kappa shape index (κ2) is 9.20. The highest BCUT2D eigenvalue weighted by atomic mass is 16.5. The Hall–Kier alpha value is -3.39. The van der Waals surface area contributed by atoms with E-state index >= 15 is 0 Å². The van der Waals surface area contributed by atoms with Crippen LogP contribution in [-0.2, 0) is 6.61 Å². The van der Waals surface area contributed by atoms with E-state index in [2.05, 4.69) is 35.9 Å². The molecule has 1 atom stereocenters. The molecule has 0 N–H and O–H groups in total. The van der Waals surface area contributed by atoms with Gasteiger partial charge in [-0.1, -0.05) is 37.8 Å². The van der Waals surface area contributed by atoms with Gasteiger partial charge in [-0.2, -0.15) is 10.2 Å². The summed E-state index contributed by atoms with van der Waals surface area (Å²) >= 11 is 0. The van der Waals surface area contributed by atoms with Crippen molar-refractivity contribution in [1.29, 1.82) is 0 Å². The van der Waals surface area contributed by atoms with Crippen LogP contribution in [0, 0.1) is 24.7 Å². The number of aryl methyl sites for hydroxylation is 1. The van der Waals surface area contributed by atoms with Gasteiger partial charge in [0.1, 0.15) is 18.1 Å². The topological polar surface area (TPSA) is 57.0 Å². The van der Waals surface area contributed by atoms with Crippen molar-refractivity contribution in [2.45, 2.75) is 40.3 Å². The molecule has 0 saturated heterocycles. The molecule has 0 aliphatic rings. The van der Waals surface area contributed by atoms with Crippen molar-refractivity contribution < 1.29 is 4.74 Å². The number of ether oxygens (including phenoxy) is 1. The fraction of sp³-hybridized carbons (Fsp3) is 0.292. The Kier molecular flexibility index (Phi) is 6.46. The molecular formula is C24H25N3O2. The maximum atomic E-state index is 12.8. The van der Waals surface area contributed by atoms with Crippen molar-refractivity contribution in [3.05, 3.63) is 87.6 Å². The monoisotopic (exact) mass is 387 g/mol. The predicted molar refractivity (Wildman–Crippen MR) is 114 cm³/mol. The molecule has 0 amide bonds. The third-order valence-corrected chi connectivity index (χ3v) is 4.53.